The highest BCUT2D eigenvalue weighted by Crippen LogP contribution is 2.31. The summed E-state index contributed by atoms with van der Waals surface area (Å²) in [6.07, 6.45) is 28.4. The van der Waals surface area contributed by atoms with Crippen LogP contribution in [0.2, 0.25) is 0 Å². The van der Waals surface area contributed by atoms with Crippen LogP contribution in [0.4, 0.5) is 0 Å². The molecule has 0 amide bonds. The number of hydrogen-bond donors (Lipinski definition) is 0. The maximum atomic E-state index is 2.51. The maximum Gasteiger partial charge on any atom is -0.0143 e. The van der Waals surface area contributed by atoms with E-state index in [-0.39, 0.29) is 0 Å². The Morgan fingerprint density at radius 2 is 1.29 bits per heavy atom. The fourth-order valence-corrected chi connectivity index (χ4v) is 4.72. The van der Waals surface area contributed by atoms with Crippen LogP contribution in [0.3, 0.4) is 0 Å². The van der Waals surface area contributed by atoms with Gasteiger partial charge in [0.2, 0.25) is 0 Å². The first-order valence-corrected chi connectivity index (χ1v) is 12.1. The zero-order chi connectivity index (χ0) is 19.6. The van der Waals surface area contributed by atoms with Crippen LogP contribution in [0.5, 0.6) is 0 Å². The maximum absolute atomic E-state index is 2.51. The Morgan fingerprint density at radius 3 is 2.00 bits per heavy atom. The third-order valence-electron chi connectivity index (χ3n) is 6.43. The molecule has 152 valence electrons. The highest BCUT2D eigenvalue weighted by Gasteiger charge is 2.16. The molecular formula is C28H40. The van der Waals surface area contributed by atoms with Gasteiger partial charge in [-0.1, -0.05) is 102 Å². The van der Waals surface area contributed by atoms with Crippen LogP contribution in [0.1, 0.15) is 115 Å². The quantitative estimate of drug-likeness (QED) is 0.294. The lowest BCUT2D eigenvalue weighted by atomic mass is 9.94. The molecule has 0 fully saturated rings. The van der Waals surface area contributed by atoms with Crippen molar-refractivity contribution >= 4 is 23.8 Å². The molecule has 2 aliphatic carbocycles. The summed E-state index contributed by atoms with van der Waals surface area (Å²) in [6, 6.07) is 4.88. The van der Waals surface area contributed by atoms with Gasteiger partial charge in [0.1, 0.15) is 0 Å². The molecule has 0 atom stereocenters. The van der Waals surface area contributed by atoms with Crippen molar-refractivity contribution in [2.24, 2.45) is 0 Å². The van der Waals surface area contributed by atoms with Crippen LogP contribution in [-0.2, 0) is 0 Å². The Balaban J connectivity index is 1.62. The zero-order valence-corrected chi connectivity index (χ0v) is 18.4. The molecule has 0 aromatic heterocycles. The third-order valence-corrected chi connectivity index (χ3v) is 6.43. The molecule has 0 N–H and O–H groups in total. The first-order chi connectivity index (χ1) is 13.8. The van der Waals surface area contributed by atoms with Gasteiger partial charge in [0, 0.05) is 0 Å². The van der Waals surface area contributed by atoms with Gasteiger partial charge in [-0.05, 0) is 70.5 Å². The van der Waals surface area contributed by atoms with Gasteiger partial charge in [-0.25, -0.2) is 0 Å². The Labute approximate surface area is 173 Å². The van der Waals surface area contributed by atoms with Gasteiger partial charge in [-0.3, -0.25) is 0 Å². The summed E-state index contributed by atoms with van der Waals surface area (Å²) in [5, 5.41) is 2.88. The van der Waals surface area contributed by atoms with E-state index in [2.05, 4.69) is 50.3 Å². The molecule has 0 saturated heterocycles. The fourth-order valence-electron chi connectivity index (χ4n) is 4.72. The number of benzene rings is 1. The minimum Gasteiger partial charge on any atom is -0.0654 e. The van der Waals surface area contributed by atoms with E-state index in [0.29, 0.717) is 0 Å². The van der Waals surface area contributed by atoms with Crippen molar-refractivity contribution in [1.82, 2.24) is 0 Å². The van der Waals surface area contributed by atoms with Crippen molar-refractivity contribution in [2.75, 3.05) is 0 Å². The number of rotatable bonds is 14. The van der Waals surface area contributed by atoms with Crippen molar-refractivity contribution in [3.63, 3.8) is 0 Å². The van der Waals surface area contributed by atoms with E-state index >= 15 is 0 Å². The highest BCUT2D eigenvalue weighted by molar-refractivity contribution is 5.84. The first kappa shape index (κ1) is 21.2. The Bertz CT molecular complexity index is 803. The van der Waals surface area contributed by atoms with Crippen LogP contribution in [0.15, 0.2) is 23.8 Å². The summed E-state index contributed by atoms with van der Waals surface area (Å²) in [5.74, 6) is 0. The minimum atomic E-state index is 1.27. The topological polar surface area (TPSA) is 0 Å². The van der Waals surface area contributed by atoms with Gasteiger partial charge in [0.15, 0.2) is 0 Å². The average Bonchev–Trinajstić information content (AvgIpc) is 3.29. The van der Waals surface area contributed by atoms with Crippen molar-refractivity contribution in [1.29, 1.82) is 0 Å². The summed E-state index contributed by atoms with van der Waals surface area (Å²) < 4.78 is 0. The Hall–Kier alpha value is -1.56. The molecule has 0 heterocycles. The van der Waals surface area contributed by atoms with Gasteiger partial charge < -0.3 is 0 Å². The normalized spacial score (nSPS) is 14.2. The monoisotopic (exact) mass is 376 g/mol. The predicted molar refractivity (Wildman–Crippen MR) is 127 cm³/mol. The average molecular weight is 377 g/mol. The molecule has 3 rings (SSSR count). The second-order valence-electron chi connectivity index (χ2n) is 8.78. The zero-order valence-electron chi connectivity index (χ0n) is 18.4. The minimum absolute atomic E-state index is 1.27. The molecule has 0 nitrogen and oxygen atoms in total. The fraction of sp³-hybridized carbons (Fsp3) is 0.571. The van der Waals surface area contributed by atoms with Crippen LogP contribution in [0, 0.1) is 0 Å². The van der Waals surface area contributed by atoms with E-state index in [1.54, 1.807) is 11.1 Å². The van der Waals surface area contributed by atoms with Gasteiger partial charge >= 0.3 is 0 Å². The molecule has 2 aliphatic rings. The highest BCUT2D eigenvalue weighted by atomic mass is 14.2. The molecule has 0 spiro atoms. The molecule has 0 aliphatic heterocycles. The number of allylic oxidation sites excluding steroid dienone is 3. The van der Waals surface area contributed by atoms with Crippen molar-refractivity contribution < 1.29 is 0 Å². The molecule has 28 heavy (non-hydrogen) atoms. The van der Waals surface area contributed by atoms with Crippen molar-refractivity contribution in [2.45, 2.75) is 104 Å². The lowest BCUT2D eigenvalue weighted by Gasteiger charge is -2.10. The van der Waals surface area contributed by atoms with Crippen LogP contribution < -0.4 is 10.4 Å². The lowest BCUT2D eigenvalue weighted by Crippen LogP contribution is -2.14. The van der Waals surface area contributed by atoms with E-state index in [1.807, 2.05) is 0 Å². The van der Waals surface area contributed by atoms with Gasteiger partial charge in [0.25, 0.3) is 0 Å². The number of fused-ring (bicyclic) bond motifs is 2. The molecule has 0 unspecified atom stereocenters. The first-order valence-electron chi connectivity index (χ1n) is 12.1. The Morgan fingerprint density at radius 1 is 0.643 bits per heavy atom. The molecule has 0 radical (unpaired) electrons. The lowest BCUT2D eigenvalue weighted by molar-refractivity contribution is 0.606. The SMILES string of the molecule is CCCCCCCCC1=C(CCCCCCCC)c2cc3c(cc2=C1)C=CC=3. The number of unbranched alkanes of at least 4 members (excludes halogenated alkanes) is 10. The molecule has 0 saturated carbocycles. The van der Waals surface area contributed by atoms with Crippen LogP contribution in [-0.4, -0.2) is 0 Å². The summed E-state index contributed by atoms with van der Waals surface area (Å²) in [7, 11) is 0. The van der Waals surface area contributed by atoms with Gasteiger partial charge in [0.05, 0.1) is 0 Å². The molecular weight excluding hydrogens is 336 g/mol. The summed E-state index contributed by atoms with van der Waals surface area (Å²) in [5.41, 5.74) is 6.25. The second-order valence-corrected chi connectivity index (χ2v) is 8.78. The largest absolute Gasteiger partial charge is 0.0654 e. The van der Waals surface area contributed by atoms with Crippen LogP contribution >= 0.6 is 0 Å². The van der Waals surface area contributed by atoms with E-state index < -0.39 is 0 Å². The van der Waals surface area contributed by atoms with E-state index in [9.17, 15) is 0 Å². The molecule has 1 aromatic carbocycles. The molecule has 0 heteroatoms. The van der Waals surface area contributed by atoms with Crippen LogP contribution in [0.25, 0.3) is 23.8 Å². The molecule has 1 aromatic rings. The van der Waals surface area contributed by atoms with Gasteiger partial charge in [-0.2, -0.15) is 0 Å². The molecule has 0 bridgehead atoms. The van der Waals surface area contributed by atoms with Gasteiger partial charge in [-0.15, -0.1) is 0 Å². The van der Waals surface area contributed by atoms with Crippen molar-refractivity contribution in [3.05, 3.63) is 45.3 Å². The van der Waals surface area contributed by atoms with E-state index in [4.69, 9.17) is 0 Å². The Kier molecular flexibility index (Phi) is 8.65. The predicted octanol–water partition coefficient (Wildman–Crippen LogP) is 7.54. The van der Waals surface area contributed by atoms with E-state index in [0.717, 1.165) is 0 Å². The smallest absolute Gasteiger partial charge is 0.0143 e. The van der Waals surface area contributed by atoms with Crippen molar-refractivity contribution in [3.8, 4) is 0 Å². The summed E-state index contributed by atoms with van der Waals surface area (Å²) >= 11 is 0. The third kappa shape index (κ3) is 5.72. The summed E-state index contributed by atoms with van der Waals surface area (Å²) in [4.78, 5) is 0. The second kappa shape index (κ2) is 11.4. The standard InChI is InChI=1S/C28H40/c1-3-5-7-9-11-13-16-25-21-26-20-23-17-15-18-24(23)22-28(26)27(25)19-14-12-10-8-6-4-2/h15,17-18,20-22H,3-14,16,19H2,1-2H3. The van der Waals surface area contributed by atoms with E-state index in [1.165, 1.54) is 111 Å². The number of hydrogen-bond acceptors (Lipinski definition) is 0. The summed E-state index contributed by atoms with van der Waals surface area (Å²) in [6.45, 7) is 4.60.